The summed E-state index contributed by atoms with van der Waals surface area (Å²) in [5.41, 5.74) is 1.25. The van der Waals surface area contributed by atoms with Gasteiger partial charge in [0.05, 0.1) is 0 Å². The van der Waals surface area contributed by atoms with E-state index in [2.05, 4.69) is 38.0 Å². The predicted octanol–water partition coefficient (Wildman–Crippen LogP) is 2.71. The van der Waals surface area contributed by atoms with Crippen LogP contribution in [0.15, 0.2) is 38.6 Å². The summed E-state index contributed by atoms with van der Waals surface area (Å²) in [6, 6.07) is 5.13. The second kappa shape index (κ2) is 5.46. The molecule has 0 bridgehead atoms. The van der Waals surface area contributed by atoms with E-state index in [0.717, 1.165) is 20.8 Å². The zero-order valence-electron chi connectivity index (χ0n) is 9.11. The Morgan fingerprint density at radius 1 is 1.47 bits per heavy atom. The lowest BCUT2D eigenvalue weighted by Gasteiger charge is -2.06. The minimum atomic E-state index is -0.212. The Bertz CT molecular complexity index is 565. The van der Waals surface area contributed by atoms with Gasteiger partial charge in [0.2, 0.25) is 0 Å². The maximum absolute atomic E-state index is 11.0. The molecule has 0 fully saturated rings. The maximum Gasteiger partial charge on any atom is 0.264 e. The molecule has 0 saturated carbocycles. The smallest absolute Gasteiger partial charge is 0.264 e. The topological polar surface area (TPSA) is 58.6 Å². The second-order valence-electron chi connectivity index (χ2n) is 3.24. The van der Waals surface area contributed by atoms with Crippen molar-refractivity contribution in [2.45, 2.75) is 11.8 Å². The van der Waals surface area contributed by atoms with Gasteiger partial charge in [0, 0.05) is 21.6 Å². The molecule has 0 aromatic carbocycles. The zero-order chi connectivity index (χ0) is 12.3. The van der Waals surface area contributed by atoms with Crippen molar-refractivity contribution in [3.63, 3.8) is 0 Å². The summed E-state index contributed by atoms with van der Waals surface area (Å²) in [5.74, 6) is 0.953. The number of hydrogen-bond donors (Lipinski definition) is 1. The predicted molar refractivity (Wildman–Crippen MR) is 72.2 cm³/mol. The summed E-state index contributed by atoms with van der Waals surface area (Å²) in [5, 5.41) is 6.41. The minimum Gasteiger partial charge on any atom is -0.268 e. The van der Waals surface area contributed by atoms with E-state index in [4.69, 9.17) is 0 Å². The third-order valence-corrected chi connectivity index (χ3v) is 3.39. The quantitative estimate of drug-likeness (QED) is 0.885. The van der Waals surface area contributed by atoms with Crippen LogP contribution < -0.4 is 5.56 Å². The molecular weight excluding hydrogens is 302 g/mol. The van der Waals surface area contributed by atoms with Crippen molar-refractivity contribution in [3.05, 3.63) is 39.2 Å². The van der Waals surface area contributed by atoms with Crippen molar-refractivity contribution in [2.75, 3.05) is 5.75 Å². The van der Waals surface area contributed by atoms with Crippen molar-refractivity contribution >= 4 is 27.7 Å². The molecule has 6 heteroatoms. The number of aromatic amines is 1. The first-order chi connectivity index (χ1) is 8.20. The van der Waals surface area contributed by atoms with Crippen LogP contribution >= 0.6 is 27.7 Å². The third-order valence-electron chi connectivity index (χ3n) is 2.04. The van der Waals surface area contributed by atoms with E-state index in [9.17, 15) is 4.79 Å². The first-order valence-corrected chi connectivity index (χ1v) is 6.83. The van der Waals surface area contributed by atoms with Crippen LogP contribution in [0.25, 0.3) is 11.4 Å². The van der Waals surface area contributed by atoms with Gasteiger partial charge >= 0.3 is 0 Å². The lowest BCUT2D eigenvalue weighted by Crippen LogP contribution is -2.06. The fourth-order valence-electron chi connectivity index (χ4n) is 1.35. The molecule has 1 N–H and O–H groups in total. The fraction of sp³-hybridized carbons (Fsp3) is 0.182. The molecule has 0 aliphatic heterocycles. The molecule has 88 valence electrons. The van der Waals surface area contributed by atoms with E-state index < -0.39 is 0 Å². The van der Waals surface area contributed by atoms with Gasteiger partial charge in [-0.3, -0.25) is 9.78 Å². The molecular formula is C11H10BrN3OS. The molecule has 2 rings (SSSR count). The highest BCUT2D eigenvalue weighted by Gasteiger charge is 2.09. The van der Waals surface area contributed by atoms with Gasteiger partial charge in [-0.15, -0.1) is 11.8 Å². The third kappa shape index (κ3) is 2.95. The number of aromatic nitrogens is 3. The Kier molecular flexibility index (Phi) is 3.96. The van der Waals surface area contributed by atoms with Gasteiger partial charge in [-0.2, -0.15) is 5.10 Å². The molecule has 0 spiro atoms. The average molecular weight is 312 g/mol. The van der Waals surface area contributed by atoms with Gasteiger partial charge in [-0.1, -0.05) is 6.92 Å². The molecule has 17 heavy (non-hydrogen) atoms. The standard InChI is InChI=1S/C11H10BrN3OS/c1-2-17-9-5-7(12)6-13-11(9)8-3-4-10(16)15-14-8/h3-6H,2H2,1H3,(H,15,16). The SMILES string of the molecule is CCSc1cc(Br)cnc1-c1ccc(=O)[nH]n1. The summed E-state index contributed by atoms with van der Waals surface area (Å²) in [6.45, 7) is 2.08. The number of rotatable bonds is 3. The summed E-state index contributed by atoms with van der Waals surface area (Å²) in [7, 11) is 0. The molecule has 0 amide bonds. The number of nitrogens with zero attached hydrogens (tertiary/aromatic N) is 2. The minimum absolute atomic E-state index is 0.212. The summed E-state index contributed by atoms with van der Waals surface area (Å²) < 4.78 is 0.932. The van der Waals surface area contributed by atoms with Gasteiger partial charge in [0.1, 0.15) is 11.4 Å². The monoisotopic (exact) mass is 311 g/mol. The molecule has 2 aromatic rings. The molecule has 2 heterocycles. The van der Waals surface area contributed by atoms with E-state index in [1.54, 1.807) is 24.0 Å². The summed E-state index contributed by atoms with van der Waals surface area (Å²) in [4.78, 5) is 16.4. The molecule has 0 radical (unpaired) electrons. The summed E-state index contributed by atoms with van der Waals surface area (Å²) >= 11 is 5.09. The highest BCUT2D eigenvalue weighted by molar-refractivity contribution is 9.10. The number of halogens is 1. The number of nitrogens with one attached hydrogen (secondary N) is 1. The highest BCUT2D eigenvalue weighted by Crippen LogP contribution is 2.30. The van der Waals surface area contributed by atoms with E-state index in [1.807, 2.05) is 6.07 Å². The van der Waals surface area contributed by atoms with E-state index >= 15 is 0 Å². The van der Waals surface area contributed by atoms with Crippen LogP contribution in [0.1, 0.15) is 6.92 Å². The van der Waals surface area contributed by atoms with Crippen LogP contribution in [0, 0.1) is 0 Å². The number of hydrogen-bond acceptors (Lipinski definition) is 4. The van der Waals surface area contributed by atoms with Crippen LogP contribution in [-0.2, 0) is 0 Å². The van der Waals surface area contributed by atoms with Crippen molar-refractivity contribution < 1.29 is 0 Å². The number of thioether (sulfide) groups is 1. The van der Waals surface area contributed by atoms with Gasteiger partial charge in [-0.25, -0.2) is 5.10 Å². The summed E-state index contributed by atoms with van der Waals surface area (Å²) in [6.07, 6.45) is 1.72. The van der Waals surface area contributed by atoms with Gasteiger partial charge in [0.25, 0.3) is 5.56 Å². The molecule has 0 aliphatic rings. The first-order valence-electron chi connectivity index (χ1n) is 5.05. The second-order valence-corrected chi connectivity index (χ2v) is 5.46. The average Bonchev–Trinajstić information content (AvgIpc) is 2.31. The fourth-order valence-corrected chi connectivity index (χ4v) is 2.65. The Morgan fingerprint density at radius 3 is 2.94 bits per heavy atom. The Hall–Kier alpha value is -1.14. The number of pyridine rings is 1. The van der Waals surface area contributed by atoms with Crippen LogP contribution in [-0.4, -0.2) is 20.9 Å². The van der Waals surface area contributed by atoms with Gasteiger partial charge in [0.15, 0.2) is 0 Å². The van der Waals surface area contributed by atoms with Crippen LogP contribution in [0.5, 0.6) is 0 Å². The normalized spacial score (nSPS) is 10.5. The Labute approximate surface area is 111 Å². The molecule has 0 atom stereocenters. The maximum atomic E-state index is 11.0. The van der Waals surface area contributed by atoms with Crippen molar-refractivity contribution in [3.8, 4) is 11.4 Å². The van der Waals surface area contributed by atoms with Gasteiger partial charge in [-0.05, 0) is 33.8 Å². The zero-order valence-corrected chi connectivity index (χ0v) is 11.5. The van der Waals surface area contributed by atoms with E-state index in [0.29, 0.717) is 5.69 Å². The molecule has 0 saturated heterocycles. The lowest BCUT2D eigenvalue weighted by atomic mass is 10.2. The van der Waals surface area contributed by atoms with E-state index in [-0.39, 0.29) is 5.56 Å². The Balaban J connectivity index is 2.50. The van der Waals surface area contributed by atoms with Crippen molar-refractivity contribution in [1.82, 2.24) is 15.2 Å². The van der Waals surface area contributed by atoms with E-state index in [1.165, 1.54) is 6.07 Å². The molecule has 0 unspecified atom stereocenters. The molecule has 4 nitrogen and oxygen atoms in total. The van der Waals surface area contributed by atoms with Crippen LogP contribution in [0.2, 0.25) is 0 Å². The largest absolute Gasteiger partial charge is 0.268 e. The van der Waals surface area contributed by atoms with Crippen LogP contribution in [0.3, 0.4) is 0 Å². The number of H-pyrrole nitrogens is 1. The molecule has 2 aromatic heterocycles. The first kappa shape index (κ1) is 12.3. The van der Waals surface area contributed by atoms with Crippen molar-refractivity contribution in [1.29, 1.82) is 0 Å². The molecule has 0 aliphatic carbocycles. The highest BCUT2D eigenvalue weighted by atomic mass is 79.9. The lowest BCUT2D eigenvalue weighted by molar-refractivity contribution is 0.982. The van der Waals surface area contributed by atoms with Gasteiger partial charge < -0.3 is 0 Å². The Morgan fingerprint density at radius 2 is 2.29 bits per heavy atom. The van der Waals surface area contributed by atoms with Crippen LogP contribution in [0.4, 0.5) is 0 Å². The van der Waals surface area contributed by atoms with Crippen molar-refractivity contribution in [2.24, 2.45) is 0 Å².